The standard InChI is InChI=1S/C14H12N2O4S/c15-11-7-3-1-5-9(11)13(17)19-21-20-14(18)10-6-2-4-8-12(10)16/h1-8H,15-16H2. The van der Waals surface area contributed by atoms with Crippen LogP contribution in [0.15, 0.2) is 48.5 Å². The van der Waals surface area contributed by atoms with Crippen molar-refractivity contribution < 1.29 is 18.0 Å². The van der Waals surface area contributed by atoms with E-state index in [-0.39, 0.29) is 34.8 Å². The van der Waals surface area contributed by atoms with Crippen LogP contribution in [-0.2, 0) is 8.37 Å². The molecule has 0 amide bonds. The fraction of sp³-hybridized carbons (Fsp3) is 0. The first-order valence-corrected chi connectivity index (χ1v) is 6.55. The monoisotopic (exact) mass is 304 g/mol. The molecule has 0 aliphatic heterocycles. The molecule has 0 fully saturated rings. The minimum atomic E-state index is -0.702. The highest BCUT2D eigenvalue weighted by atomic mass is 32.2. The maximum Gasteiger partial charge on any atom is 0.354 e. The molecule has 2 rings (SSSR count). The van der Waals surface area contributed by atoms with E-state index in [9.17, 15) is 9.59 Å². The first-order chi connectivity index (χ1) is 10.1. The van der Waals surface area contributed by atoms with Gasteiger partial charge >= 0.3 is 11.9 Å². The second-order valence-corrected chi connectivity index (χ2v) is 4.45. The number of nitrogens with two attached hydrogens (primary N) is 2. The van der Waals surface area contributed by atoms with Crippen molar-refractivity contribution in [1.29, 1.82) is 0 Å². The van der Waals surface area contributed by atoms with Crippen molar-refractivity contribution in [3.8, 4) is 0 Å². The molecule has 108 valence electrons. The van der Waals surface area contributed by atoms with Gasteiger partial charge in [-0.1, -0.05) is 24.3 Å². The Bertz CT molecular complexity index is 618. The number of rotatable bonds is 4. The third kappa shape index (κ3) is 3.67. The molecule has 0 radical (unpaired) electrons. The summed E-state index contributed by atoms with van der Waals surface area (Å²) in [6.07, 6.45) is 0. The van der Waals surface area contributed by atoms with Gasteiger partial charge in [0.25, 0.3) is 12.3 Å². The van der Waals surface area contributed by atoms with E-state index in [2.05, 4.69) is 0 Å². The van der Waals surface area contributed by atoms with E-state index in [1.807, 2.05) is 0 Å². The largest absolute Gasteiger partial charge is 0.398 e. The molecule has 0 atom stereocenters. The number of para-hydroxylation sites is 2. The molecule has 2 aromatic carbocycles. The number of carbonyl (C=O) groups excluding carboxylic acids is 2. The van der Waals surface area contributed by atoms with Crippen molar-refractivity contribution in [3.05, 3.63) is 59.7 Å². The lowest BCUT2D eigenvalue weighted by Crippen LogP contribution is -2.07. The molecule has 2 aromatic rings. The molecule has 0 saturated carbocycles. The van der Waals surface area contributed by atoms with Crippen LogP contribution in [0.3, 0.4) is 0 Å². The van der Waals surface area contributed by atoms with Crippen molar-refractivity contribution in [3.63, 3.8) is 0 Å². The summed E-state index contributed by atoms with van der Waals surface area (Å²) >= 11 is 0.266. The van der Waals surface area contributed by atoms with Crippen molar-refractivity contribution in [1.82, 2.24) is 0 Å². The smallest absolute Gasteiger partial charge is 0.354 e. The lowest BCUT2D eigenvalue weighted by atomic mass is 10.2. The van der Waals surface area contributed by atoms with Crippen LogP contribution in [0.25, 0.3) is 0 Å². The lowest BCUT2D eigenvalue weighted by Gasteiger charge is -2.05. The van der Waals surface area contributed by atoms with Gasteiger partial charge in [-0.05, 0) is 24.3 Å². The Balaban J connectivity index is 1.90. The number of anilines is 2. The summed E-state index contributed by atoms with van der Waals surface area (Å²) in [5.41, 5.74) is 12.2. The van der Waals surface area contributed by atoms with Crippen molar-refractivity contribution in [2.24, 2.45) is 0 Å². The fourth-order valence-electron chi connectivity index (χ4n) is 1.53. The highest BCUT2D eigenvalue weighted by Crippen LogP contribution is 2.19. The maximum atomic E-state index is 11.7. The zero-order valence-electron chi connectivity index (χ0n) is 10.8. The van der Waals surface area contributed by atoms with E-state index in [0.29, 0.717) is 0 Å². The van der Waals surface area contributed by atoms with Gasteiger partial charge in [0.2, 0.25) is 0 Å². The van der Waals surface area contributed by atoms with Gasteiger partial charge in [-0.3, -0.25) is 0 Å². The van der Waals surface area contributed by atoms with Crippen LogP contribution in [0.1, 0.15) is 20.7 Å². The van der Waals surface area contributed by atoms with Gasteiger partial charge in [0.15, 0.2) is 0 Å². The number of benzene rings is 2. The molecule has 4 N–H and O–H groups in total. The van der Waals surface area contributed by atoms with Crippen LogP contribution >= 0.6 is 12.3 Å². The Kier molecular flexibility index (Phi) is 4.68. The summed E-state index contributed by atoms with van der Waals surface area (Å²) in [5.74, 6) is -1.40. The average molecular weight is 304 g/mol. The van der Waals surface area contributed by atoms with Crippen LogP contribution in [0.5, 0.6) is 0 Å². The van der Waals surface area contributed by atoms with Gasteiger partial charge in [-0.15, -0.1) is 0 Å². The zero-order chi connectivity index (χ0) is 15.2. The Labute approximate surface area is 125 Å². The molecule has 6 nitrogen and oxygen atoms in total. The minimum Gasteiger partial charge on any atom is -0.398 e. The van der Waals surface area contributed by atoms with E-state index in [0.717, 1.165) is 0 Å². The number of nitrogen functional groups attached to an aromatic ring is 2. The van der Waals surface area contributed by atoms with Crippen molar-refractivity contribution in [2.75, 3.05) is 11.5 Å². The minimum absolute atomic E-state index is 0.195. The fourth-order valence-corrected chi connectivity index (χ4v) is 1.87. The van der Waals surface area contributed by atoms with E-state index >= 15 is 0 Å². The Morgan fingerprint density at radius 2 is 1.14 bits per heavy atom. The first-order valence-electron chi connectivity index (χ1n) is 5.88. The molecule has 0 bridgehead atoms. The number of hydrogen-bond acceptors (Lipinski definition) is 7. The third-order valence-corrected chi connectivity index (χ3v) is 3.02. The quantitative estimate of drug-likeness (QED) is 0.660. The topological polar surface area (TPSA) is 105 Å². The summed E-state index contributed by atoms with van der Waals surface area (Å²) in [6.45, 7) is 0. The van der Waals surface area contributed by atoms with Gasteiger partial charge in [-0.2, -0.15) is 0 Å². The van der Waals surface area contributed by atoms with Crippen LogP contribution < -0.4 is 11.5 Å². The van der Waals surface area contributed by atoms with Crippen molar-refractivity contribution in [2.45, 2.75) is 0 Å². The van der Waals surface area contributed by atoms with Crippen LogP contribution in [-0.4, -0.2) is 11.9 Å². The second kappa shape index (κ2) is 6.67. The zero-order valence-corrected chi connectivity index (χ0v) is 11.6. The summed E-state index contributed by atoms with van der Waals surface area (Å²) in [4.78, 5) is 23.4. The predicted octanol–water partition coefficient (Wildman–Crippen LogP) is 2.43. The summed E-state index contributed by atoms with van der Waals surface area (Å²) in [6, 6.07) is 12.8. The van der Waals surface area contributed by atoms with Crippen LogP contribution in [0, 0.1) is 0 Å². The normalized spacial score (nSPS) is 9.90. The van der Waals surface area contributed by atoms with Gasteiger partial charge in [-0.25, -0.2) is 9.59 Å². The summed E-state index contributed by atoms with van der Waals surface area (Å²) in [5, 5.41) is 0. The molecule has 0 aliphatic rings. The maximum absolute atomic E-state index is 11.7. The van der Waals surface area contributed by atoms with E-state index < -0.39 is 11.9 Å². The highest BCUT2D eigenvalue weighted by molar-refractivity contribution is 7.90. The molecule has 0 unspecified atom stereocenters. The first kappa shape index (κ1) is 14.7. The molecule has 7 heteroatoms. The molecular formula is C14H12N2O4S. The lowest BCUT2D eigenvalue weighted by molar-refractivity contribution is 0.0704. The average Bonchev–Trinajstić information content (AvgIpc) is 2.48. The van der Waals surface area contributed by atoms with Gasteiger partial charge < -0.3 is 19.8 Å². The third-order valence-electron chi connectivity index (χ3n) is 2.58. The molecule has 0 heterocycles. The Hall–Kier alpha value is -2.67. The predicted molar refractivity (Wildman–Crippen MR) is 80.1 cm³/mol. The molecule has 0 saturated heterocycles. The molecule has 21 heavy (non-hydrogen) atoms. The number of carbonyl (C=O) groups is 2. The van der Waals surface area contributed by atoms with Crippen LogP contribution in [0.4, 0.5) is 11.4 Å². The molecule has 0 aliphatic carbocycles. The van der Waals surface area contributed by atoms with Gasteiger partial charge in [0, 0.05) is 11.4 Å². The molecule has 0 spiro atoms. The number of hydrogen-bond donors (Lipinski definition) is 2. The van der Waals surface area contributed by atoms with Gasteiger partial charge in [0.1, 0.15) is 0 Å². The van der Waals surface area contributed by atoms with Crippen molar-refractivity contribution >= 4 is 35.6 Å². The summed E-state index contributed by atoms with van der Waals surface area (Å²) in [7, 11) is 0. The highest BCUT2D eigenvalue weighted by Gasteiger charge is 2.15. The Morgan fingerprint density at radius 3 is 1.52 bits per heavy atom. The molecular weight excluding hydrogens is 292 g/mol. The molecule has 0 aromatic heterocycles. The van der Waals surface area contributed by atoms with E-state index in [1.54, 1.807) is 36.4 Å². The van der Waals surface area contributed by atoms with E-state index in [1.165, 1.54) is 12.1 Å². The SMILES string of the molecule is Nc1ccccc1C(=O)OSOC(=O)c1ccccc1N. The van der Waals surface area contributed by atoms with E-state index in [4.69, 9.17) is 19.8 Å². The van der Waals surface area contributed by atoms with Gasteiger partial charge in [0.05, 0.1) is 11.1 Å². The second-order valence-electron chi connectivity index (χ2n) is 3.98. The van der Waals surface area contributed by atoms with Crippen LogP contribution in [0.2, 0.25) is 0 Å². The summed E-state index contributed by atoms with van der Waals surface area (Å²) < 4.78 is 9.51. The Morgan fingerprint density at radius 1 is 0.762 bits per heavy atom.